The summed E-state index contributed by atoms with van der Waals surface area (Å²) < 4.78 is 13.8. The molecule has 1 amide bonds. The summed E-state index contributed by atoms with van der Waals surface area (Å²) in [5.41, 5.74) is 0.617. The number of nitrogens with zero attached hydrogens (tertiary/aromatic N) is 1. The van der Waals surface area contributed by atoms with Gasteiger partial charge in [0.2, 0.25) is 5.91 Å². The molecule has 3 nitrogen and oxygen atoms in total. The molecule has 3 rings (SSSR count). The van der Waals surface area contributed by atoms with Crippen molar-refractivity contribution in [2.24, 2.45) is 11.8 Å². The van der Waals surface area contributed by atoms with Crippen LogP contribution in [-0.4, -0.2) is 29.9 Å². The van der Waals surface area contributed by atoms with Crippen molar-refractivity contribution in [2.75, 3.05) is 13.1 Å². The van der Waals surface area contributed by atoms with Gasteiger partial charge in [0, 0.05) is 24.7 Å². The molecular formula is C16H21FN2O. The minimum absolute atomic E-state index is 0.0439. The summed E-state index contributed by atoms with van der Waals surface area (Å²) in [5, 5.41) is 3.27. The second-order valence-corrected chi connectivity index (χ2v) is 6.03. The van der Waals surface area contributed by atoms with E-state index >= 15 is 0 Å². The van der Waals surface area contributed by atoms with E-state index in [0.29, 0.717) is 24.1 Å². The number of amides is 1. The van der Waals surface area contributed by atoms with Gasteiger partial charge in [-0.25, -0.2) is 4.39 Å². The smallest absolute Gasteiger partial charge is 0.227 e. The van der Waals surface area contributed by atoms with E-state index < -0.39 is 0 Å². The van der Waals surface area contributed by atoms with Crippen molar-refractivity contribution in [3.05, 3.63) is 35.6 Å². The van der Waals surface area contributed by atoms with E-state index in [1.165, 1.54) is 6.07 Å². The molecule has 1 aromatic rings. The molecule has 0 bridgehead atoms. The SMILES string of the molecule is C[C@@H]1CNC[C@H]1C(=O)N(Cc1ccccc1F)C1CC1. The van der Waals surface area contributed by atoms with Gasteiger partial charge in [0.15, 0.2) is 0 Å². The average molecular weight is 276 g/mol. The Morgan fingerprint density at radius 1 is 1.35 bits per heavy atom. The first kappa shape index (κ1) is 13.6. The van der Waals surface area contributed by atoms with Crippen molar-refractivity contribution in [2.45, 2.75) is 32.4 Å². The highest BCUT2D eigenvalue weighted by molar-refractivity contribution is 5.80. The summed E-state index contributed by atoms with van der Waals surface area (Å²) in [6.07, 6.45) is 2.10. The predicted octanol–water partition coefficient (Wildman–Crippen LogP) is 2.17. The summed E-state index contributed by atoms with van der Waals surface area (Å²) in [5.74, 6) is 0.378. The summed E-state index contributed by atoms with van der Waals surface area (Å²) in [4.78, 5) is 14.6. The molecule has 2 atom stereocenters. The Bertz CT molecular complexity index is 501. The fourth-order valence-electron chi connectivity index (χ4n) is 2.94. The van der Waals surface area contributed by atoms with Gasteiger partial charge < -0.3 is 10.2 Å². The summed E-state index contributed by atoms with van der Waals surface area (Å²) in [6.45, 7) is 4.16. The molecule has 1 N–H and O–H groups in total. The van der Waals surface area contributed by atoms with Crippen LogP contribution >= 0.6 is 0 Å². The molecule has 0 radical (unpaired) electrons. The number of hydrogen-bond acceptors (Lipinski definition) is 2. The van der Waals surface area contributed by atoms with Crippen LogP contribution in [0.5, 0.6) is 0 Å². The molecule has 0 spiro atoms. The average Bonchev–Trinajstić information content (AvgIpc) is 3.19. The molecule has 108 valence electrons. The van der Waals surface area contributed by atoms with Gasteiger partial charge in [-0.3, -0.25) is 4.79 Å². The fraction of sp³-hybridized carbons (Fsp3) is 0.562. The molecule has 0 aromatic heterocycles. The van der Waals surface area contributed by atoms with Gasteiger partial charge in [0.1, 0.15) is 5.82 Å². The topological polar surface area (TPSA) is 32.3 Å². The molecule has 1 saturated carbocycles. The minimum Gasteiger partial charge on any atom is -0.335 e. The van der Waals surface area contributed by atoms with Crippen molar-refractivity contribution in [3.63, 3.8) is 0 Å². The highest BCUT2D eigenvalue weighted by atomic mass is 19.1. The number of nitrogens with one attached hydrogen (secondary N) is 1. The van der Waals surface area contributed by atoms with Crippen LogP contribution in [0.25, 0.3) is 0 Å². The summed E-state index contributed by atoms with van der Waals surface area (Å²) >= 11 is 0. The normalized spacial score (nSPS) is 25.7. The standard InChI is InChI=1S/C16H21FN2O/c1-11-8-18-9-14(11)16(20)19(13-6-7-13)10-12-4-2-3-5-15(12)17/h2-5,11,13-14,18H,6-10H2,1H3/t11-,14-/m1/s1. The van der Waals surface area contributed by atoms with Crippen molar-refractivity contribution in [1.82, 2.24) is 10.2 Å². The van der Waals surface area contributed by atoms with Gasteiger partial charge in [0.05, 0.1) is 5.92 Å². The van der Waals surface area contributed by atoms with E-state index in [-0.39, 0.29) is 17.6 Å². The Kier molecular flexibility index (Phi) is 3.74. The van der Waals surface area contributed by atoms with Crippen LogP contribution in [0.3, 0.4) is 0 Å². The summed E-state index contributed by atoms with van der Waals surface area (Å²) in [7, 11) is 0. The maximum atomic E-state index is 13.8. The van der Waals surface area contributed by atoms with Gasteiger partial charge in [-0.05, 0) is 31.4 Å². The number of hydrogen-bond donors (Lipinski definition) is 1. The molecule has 1 saturated heterocycles. The second kappa shape index (κ2) is 5.52. The van der Waals surface area contributed by atoms with E-state index in [0.717, 1.165) is 25.9 Å². The number of carbonyl (C=O) groups excluding carboxylic acids is 1. The van der Waals surface area contributed by atoms with Gasteiger partial charge in [-0.1, -0.05) is 25.1 Å². The molecular weight excluding hydrogens is 255 g/mol. The third kappa shape index (κ3) is 2.70. The highest BCUT2D eigenvalue weighted by Gasteiger charge is 2.39. The van der Waals surface area contributed by atoms with Crippen LogP contribution in [0.15, 0.2) is 24.3 Å². The first-order chi connectivity index (χ1) is 9.66. The van der Waals surface area contributed by atoms with Crippen molar-refractivity contribution in [3.8, 4) is 0 Å². The van der Waals surface area contributed by atoms with Gasteiger partial charge in [-0.2, -0.15) is 0 Å². The van der Waals surface area contributed by atoms with Crippen molar-refractivity contribution < 1.29 is 9.18 Å². The van der Waals surface area contributed by atoms with E-state index in [1.807, 2.05) is 11.0 Å². The van der Waals surface area contributed by atoms with E-state index in [1.54, 1.807) is 12.1 Å². The van der Waals surface area contributed by atoms with Crippen LogP contribution in [0.2, 0.25) is 0 Å². The van der Waals surface area contributed by atoms with Gasteiger partial charge in [0.25, 0.3) is 0 Å². The summed E-state index contributed by atoms with van der Waals surface area (Å²) in [6, 6.07) is 7.06. The number of carbonyl (C=O) groups is 1. The molecule has 2 aliphatic rings. The second-order valence-electron chi connectivity index (χ2n) is 6.03. The molecule has 4 heteroatoms. The largest absolute Gasteiger partial charge is 0.335 e. The molecule has 2 fully saturated rings. The Labute approximate surface area is 119 Å². The lowest BCUT2D eigenvalue weighted by molar-refractivity contribution is -0.137. The maximum absolute atomic E-state index is 13.8. The first-order valence-corrected chi connectivity index (χ1v) is 7.41. The lowest BCUT2D eigenvalue weighted by Crippen LogP contribution is -2.40. The number of rotatable bonds is 4. The number of halogens is 1. The van der Waals surface area contributed by atoms with Crippen LogP contribution in [-0.2, 0) is 11.3 Å². The van der Waals surface area contributed by atoms with Crippen LogP contribution in [0, 0.1) is 17.7 Å². The quantitative estimate of drug-likeness (QED) is 0.914. The number of benzene rings is 1. The Hall–Kier alpha value is -1.42. The van der Waals surface area contributed by atoms with Crippen LogP contribution < -0.4 is 5.32 Å². The third-order valence-electron chi connectivity index (χ3n) is 4.40. The van der Waals surface area contributed by atoms with Gasteiger partial charge in [-0.15, -0.1) is 0 Å². The third-order valence-corrected chi connectivity index (χ3v) is 4.40. The molecule has 1 aromatic carbocycles. The molecule has 1 aliphatic heterocycles. The molecule has 0 unspecified atom stereocenters. The molecule has 1 aliphatic carbocycles. The zero-order chi connectivity index (χ0) is 14.1. The molecule has 1 heterocycles. The minimum atomic E-state index is -0.219. The first-order valence-electron chi connectivity index (χ1n) is 7.41. The predicted molar refractivity (Wildman–Crippen MR) is 75.5 cm³/mol. The Morgan fingerprint density at radius 2 is 2.10 bits per heavy atom. The van der Waals surface area contributed by atoms with E-state index in [9.17, 15) is 9.18 Å². The van der Waals surface area contributed by atoms with Crippen molar-refractivity contribution >= 4 is 5.91 Å². The van der Waals surface area contributed by atoms with E-state index in [2.05, 4.69) is 12.2 Å². The van der Waals surface area contributed by atoms with Crippen molar-refractivity contribution in [1.29, 1.82) is 0 Å². The Morgan fingerprint density at radius 3 is 2.70 bits per heavy atom. The zero-order valence-electron chi connectivity index (χ0n) is 11.8. The van der Waals surface area contributed by atoms with Crippen LogP contribution in [0.4, 0.5) is 4.39 Å². The monoisotopic (exact) mass is 276 g/mol. The highest BCUT2D eigenvalue weighted by Crippen LogP contribution is 2.32. The fourth-order valence-corrected chi connectivity index (χ4v) is 2.94. The van der Waals surface area contributed by atoms with E-state index in [4.69, 9.17) is 0 Å². The lowest BCUT2D eigenvalue weighted by Gasteiger charge is -2.27. The Balaban J connectivity index is 1.76. The lowest BCUT2D eigenvalue weighted by atomic mass is 9.96. The molecule has 20 heavy (non-hydrogen) atoms. The van der Waals surface area contributed by atoms with Gasteiger partial charge >= 0.3 is 0 Å². The van der Waals surface area contributed by atoms with Crippen LogP contribution in [0.1, 0.15) is 25.3 Å². The maximum Gasteiger partial charge on any atom is 0.227 e. The zero-order valence-corrected chi connectivity index (χ0v) is 11.8.